The number of halogens is 1. The van der Waals surface area contributed by atoms with Crippen LogP contribution in [0, 0.1) is 0 Å². The lowest BCUT2D eigenvalue weighted by atomic mass is 10.1. The van der Waals surface area contributed by atoms with Gasteiger partial charge in [-0.3, -0.25) is 0 Å². The van der Waals surface area contributed by atoms with E-state index in [1.165, 1.54) is 16.4 Å². The molecule has 1 aliphatic rings. The van der Waals surface area contributed by atoms with Gasteiger partial charge >= 0.3 is 0 Å². The molecule has 1 fully saturated rings. The van der Waals surface area contributed by atoms with Gasteiger partial charge in [0, 0.05) is 43.2 Å². The van der Waals surface area contributed by atoms with Crippen molar-refractivity contribution < 1.29 is 12.9 Å². The Morgan fingerprint density at radius 3 is 2.35 bits per heavy atom. The van der Waals surface area contributed by atoms with Crippen molar-refractivity contribution in [2.75, 3.05) is 31.1 Å². The summed E-state index contributed by atoms with van der Waals surface area (Å²) in [5.74, 6) is 1.43. The van der Waals surface area contributed by atoms with Crippen LogP contribution < -0.4 is 4.90 Å². The maximum absolute atomic E-state index is 13.1. The lowest BCUT2D eigenvalue weighted by Gasteiger charge is -2.35. The number of benzene rings is 2. The van der Waals surface area contributed by atoms with Crippen LogP contribution in [0.1, 0.15) is 19.2 Å². The first-order valence-corrected chi connectivity index (χ1v) is 13.0. The van der Waals surface area contributed by atoms with Gasteiger partial charge in [0.25, 0.3) is 5.71 Å². The predicted molar refractivity (Wildman–Crippen MR) is 131 cm³/mol. The van der Waals surface area contributed by atoms with Crippen molar-refractivity contribution in [1.29, 1.82) is 0 Å². The molecule has 1 aliphatic heterocycles. The van der Waals surface area contributed by atoms with Gasteiger partial charge in [-0.25, -0.2) is 13.4 Å². The van der Waals surface area contributed by atoms with Crippen LogP contribution in [0.25, 0.3) is 22.4 Å². The fourth-order valence-electron chi connectivity index (χ4n) is 4.13. The molecule has 2 aromatic heterocycles. The monoisotopic (exact) mass is 497 g/mol. The van der Waals surface area contributed by atoms with Crippen LogP contribution in [0.3, 0.4) is 0 Å². The Hall–Kier alpha value is -3.01. The minimum absolute atomic E-state index is 0.241. The number of hydrogen-bond acceptors (Lipinski definition) is 7. The Balaban J connectivity index is 1.47. The largest absolute Gasteiger partial charge is 0.353 e. The molecule has 176 valence electrons. The third-order valence-corrected chi connectivity index (χ3v) is 8.04. The molecule has 0 amide bonds. The number of hydrogen-bond donors (Lipinski definition) is 0. The van der Waals surface area contributed by atoms with Crippen molar-refractivity contribution in [2.45, 2.75) is 24.7 Å². The quantitative estimate of drug-likeness (QED) is 0.389. The van der Waals surface area contributed by atoms with E-state index in [1.807, 2.05) is 30.3 Å². The first-order valence-electron chi connectivity index (χ1n) is 11.2. The number of aromatic nitrogens is 3. The van der Waals surface area contributed by atoms with E-state index in [0.29, 0.717) is 48.4 Å². The van der Waals surface area contributed by atoms with Gasteiger partial charge < -0.3 is 9.42 Å². The number of nitrogens with zero attached hydrogens (tertiary/aromatic N) is 5. The van der Waals surface area contributed by atoms with Crippen LogP contribution in [0.4, 0.5) is 5.82 Å². The highest BCUT2D eigenvalue weighted by atomic mass is 35.5. The standard InChI is InChI=1S/C24H24ClN5O3S/c1-2-6-20-26-23(21-22(28-33-24(21)27-20)17-7-4-3-5-8-17)29-13-15-30(16-14-29)34(31,32)19-11-9-18(25)10-12-19/h3-5,7-12H,2,6,13-16H2,1H3. The second-order valence-corrected chi connectivity index (χ2v) is 10.5. The van der Waals surface area contributed by atoms with Gasteiger partial charge in [0.15, 0.2) is 0 Å². The maximum Gasteiger partial charge on any atom is 0.263 e. The van der Waals surface area contributed by atoms with Crippen LogP contribution in [0.2, 0.25) is 5.02 Å². The number of rotatable bonds is 6. The minimum atomic E-state index is -3.60. The Morgan fingerprint density at radius 1 is 0.971 bits per heavy atom. The predicted octanol–water partition coefficient (Wildman–Crippen LogP) is 4.40. The van der Waals surface area contributed by atoms with Crippen molar-refractivity contribution in [2.24, 2.45) is 0 Å². The summed E-state index contributed by atoms with van der Waals surface area (Å²) < 4.78 is 33.3. The van der Waals surface area contributed by atoms with Crippen LogP contribution in [0.15, 0.2) is 64.0 Å². The molecule has 3 heterocycles. The van der Waals surface area contributed by atoms with E-state index in [9.17, 15) is 8.42 Å². The molecule has 0 radical (unpaired) electrons. The lowest BCUT2D eigenvalue weighted by molar-refractivity contribution is 0.384. The molecule has 0 N–H and O–H groups in total. The van der Waals surface area contributed by atoms with Gasteiger partial charge in [0.2, 0.25) is 10.0 Å². The molecule has 2 aromatic carbocycles. The molecule has 0 unspecified atom stereocenters. The molecular weight excluding hydrogens is 474 g/mol. The van der Waals surface area contributed by atoms with Gasteiger partial charge in [-0.15, -0.1) is 0 Å². The molecule has 0 bridgehead atoms. The average molecular weight is 498 g/mol. The molecule has 5 rings (SSSR count). The number of aryl methyl sites for hydroxylation is 1. The second-order valence-electron chi connectivity index (χ2n) is 8.14. The zero-order chi connectivity index (χ0) is 23.7. The molecule has 0 spiro atoms. The highest BCUT2D eigenvalue weighted by Gasteiger charge is 2.31. The van der Waals surface area contributed by atoms with Crippen LogP contribution in [0.5, 0.6) is 0 Å². The van der Waals surface area contributed by atoms with E-state index >= 15 is 0 Å². The summed E-state index contributed by atoms with van der Waals surface area (Å²) in [5, 5.41) is 5.55. The number of sulfonamides is 1. The molecule has 10 heteroatoms. The van der Waals surface area contributed by atoms with E-state index in [4.69, 9.17) is 21.1 Å². The van der Waals surface area contributed by atoms with Gasteiger partial charge in [0.05, 0.1) is 4.90 Å². The van der Waals surface area contributed by atoms with Gasteiger partial charge in [-0.05, 0) is 30.7 Å². The maximum atomic E-state index is 13.1. The van der Waals surface area contributed by atoms with Gasteiger partial charge in [-0.1, -0.05) is 54.0 Å². The Morgan fingerprint density at radius 2 is 1.68 bits per heavy atom. The van der Waals surface area contributed by atoms with Crippen LogP contribution in [-0.2, 0) is 16.4 Å². The molecule has 0 atom stereocenters. The zero-order valence-corrected chi connectivity index (χ0v) is 20.3. The number of piperazine rings is 1. The normalized spacial score (nSPS) is 15.2. The summed E-state index contributed by atoms with van der Waals surface area (Å²) in [6.45, 7) is 3.73. The molecule has 0 saturated carbocycles. The van der Waals surface area contributed by atoms with Gasteiger partial charge in [0.1, 0.15) is 22.7 Å². The van der Waals surface area contributed by atoms with Gasteiger partial charge in [-0.2, -0.15) is 9.29 Å². The summed E-state index contributed by atoms with van der Waals surface area (Å²) in [5.41, 5.74) is 2.05. The summed E-state index contributed by atoms with van der Waals surface area (Å²) in [4.78, 5) is 11.8. The summed E-state index contributed by atoms with van der Waals surface area (Å²) in [6.07, 6.45) is 1.62. The van der Waals surface area contributed by atoms with Crippen molar-refractivity contribution in [3.05, 3.63) is 65.4 Å². The highest BCUT2D eigenvalue weighted by molar-refractivity contribution is 7.89. The SMILES string of the molecule is CCCc1nc(N2CCN(S(=O)(=O)c3ccc(Cl)cc3)CC2)c2c(-c3ccccc3)noc2n1. The van der Waals surface area contributed by atoms with Crippen molar-refractivity contribution in [3.8, 4) is 11.3 Å². The van der Waals surface area contributed by atoms with E-state index in [-0.39, 0.29) is 4.90 Å². The molecule has 8 nitrogen and oxygen atoms in total. The smallest absolute Gasteiger partial charge is 0.263 e. The second kappa shape index (κ2) is 9.32. The van der Waals surface area contributed by atoms with E-state index in [2.05, 4.69) is 22.0 Å². The third kappa shape index (κ3) is 4.26. The Kier molecular flexibility index (Phi) is 6.24. The van der Waals surface area contributed by atoms with E-state index in [0.717, 1.165) is 29.6 Å². The minimum Gasteiger partial charge on any atom is -0.353 e. The van der Waals surface area contributed by atoms with Crippen LogP contribution >= 0.6 is 11.6 Å². The molecule has 0 aliphatic carbocycles. The number of anilines is 1. The summed E-state index contributed by atoms with van der Waals surface area (Å²) >= 11 is 5.93. The van der Waals surface area contributed by atoms with E-state index < -0.39 is 10.0 Å². The first kappa shape index (κ1) is 22.8. The van der Waals surface area contributed by atoms with Crippen molar-refractivity contribution in [3.63, 3.8) is 0 Å². The highest BCUT2D eigenvalue weighted by Crippen LogP contribution is 2.34. The molecule has 34 heavy (non-hydrogen) atoms. The molecule has 4 aromatic rings. The lowest BCUT2D eigenvalue weighted by Crippen LogP contribution is -2.49. The summed E-state index contributed by atoms with van der Waals surface area (Å²) in [6, 6.07) is 16.0. The van der Waals surface area contributed by atoms with Crippen molar-refractivity contribution >= 4 is 38.5 Å². The zero-order valence-electron chi connectivity index (χ0n) is 18.7. The third-order valence-electron chi connectivity index (χ3n) is 5.87. The molecule has 1 saturated heterocycles. The molecular formula is C24H24ClN5O3S. The fraction of sp³-hybridized carbons (Fsp3) is 0.292. The Bertz CT molecular complexity index is 1400. The first-order chi connectivity index (χ1) is 16.5. The van der Waals surface area contributed by atoms with E-state index in [1.54, 1.807) is 12.1 Å². The topological polar surface area (TPSA) is 92.4 Å². The Labute approximate surface area is 203 Å². The van der Waals surface area contributed by atoms with Crippen molar-refractivity contribution in [1.82, 2.24) is 19.4 Å². The number of fused-ring (bicyclic) bond motifs is 1. The fourth-order valence-corrected chi connectivity index (χ4v) is 5.68. The van der Waals surface area contributed by atoms with Crippen LogP contribution in [-0.4, -0.2) is 54.0 Å². The average Bonchev–Trinajstić information content (AvgIpc) is 3.29. The summed E-state index contributed by atoms with van der Waals surface area (Å²) in [7, 11) is -3.60.